The summed E-state index contributed by atoms with van der Waals surface area (Å²) in [5.74, 6) is -2.58. The first-order chi connectivity index (χ1) is 10.4. The fourth-order valence-corrected chi connectivity index (χ4v) is 1.73. The zero-order valence-electron chi connectivity index (χ0n) is 11.1. The van der Waals surface area contributed by atoms with Crippen LogP contribution in [0.2, 0.25) is 0 Å². The van der Waals surface area contributed by atoms with Crippen LogP contribution in [0.4, 0.5) is 13.2 Å². The number of carbonyl (C=O) groups is 1. The van der Waals surface area contributed by atoms with Crippen LogP contribution < -0.4 is 4.74 Å². The summed E-state index contributed by atoms with van der Waals surface area (Å²) >= 11 is 0. The molecule has 0 aliphatic rings. The van der Waals surface area contributed by atoms with Crippen LogP contribution in [0.1, 0.15) is 15.9 Å². The quantitative estimate of drug-likeness (QED) is 0.876. The van der Waals surface area contributed by atoms with E-state index in [1.807, 2.05) is 0 Å². The lowest BCUT2D eigenvalue weighted by atomic mass is 10.2. The van der Waals surface area contributed by atoms with Crippen molar-refractivity contribution in [2.45, 2.75) is 13.0 Å². The van der Waals surface area contributed by atoms with Crippen molar-refractivity contribution < 1.29 is 32.5 Å². The van der Waals surface area contributed by atoms with E-state index in [4.69, 9.17) is 4.74 Å². The molecule has 0 unspecified atom stereocenters. The predicted molar refractivity (Wildman–Crippen MR) is 70.4 cm³/mol. The van der Waals surface area contributed by atoms with E-state index in [9.17, 15) is 23.1 Å². The summed E-state index contributed by atoms with van der Waals surface area (Å²) in [5.41, 5.74) is -0.0136. The summed E-state index contributed by atoms with van der Waals surface area (Å²) in [6.07, 6.45) is -4.98. The van der Waals surface area contributed by atoms with Gasteiger partial charge in [0.2, 0.25) is 0 Å². The molecule has 0 saturated carbocycles. The number of phenols is 1. The molecule has 2 aromatic rings. The van der Waals surface area contributed by atoms with Crippen molar-refractivity contribution in [1.82, 2.24) is 0 Å². The van der Waals surface area contributed by atoms with Gasteiger partial charge in [0.25, 0.3) is 0 Å². The van der Waals surface area contributed by atoms with Crippen LogP contribution >= 0.6 is 0 Å². The number of ether oxygens (including phenoxy) is 2. The maximum absolute atomic E-state index is 12.3. The molecule has 0 fully saturated rings. The Morgan fingerprint density at radius 1 is 1.05 bits per heavy atom. The summed E-state index contributed by atoms with van der Waals surface area (Å²) in [6.45, 7) is -0.139. The monoisotopic (exact) mass is 312 g/mol. The summed E-state index contributed by atoms with van der Waals surface area (Å²) in [5, 5.41) is 9.61. The van der Waals surface area contributed by atoms with Crippen molar-refractivity contribution >= 4 is 5.97 Å². The van der Waals surface area contributed by atoms with E-state index in [2.05, 4.69) is 4.74 Å². The number of alkyl halides is 3. The normalized spacial score (nSPS) is 11.0. The largest absolute Gasteiger partial charge is 0.573 e. The fourth-order valence-electron chi connectivity index (χ4n) is 1.73. The molecule has 0 bridgehead atoms. The zero-order valence-corrected chi connectivity index (χ0v) is 11.1. The highest BCUT2D eigenvalue weighted by Crippen LogP contribution is 2.32. The average molecular weight is 312 g/mol. The van der Waals surface area contributed by atoms with E-state index in [1.54, 1.807) is 30.3 Å². The van der Waals surface area contributed by atoms with Crippen molar-refractivity contribution in [1.29, 1.82) is 0 Å². The minimum Gasteiger partial charge on any atom is -0.507 e. The van der Waals surface area contributed by atoms with Crippen molar-refractivity contribution in [2.75, 3.05) is 0 Å². The SMILES string of the molecule is O=C(OCc1ccccc1)c1c(O)cccc1OC(F)(F)F. The van der Waals surface area contributed by atoms with Gasteiger partial charge in [-0.1, -0.05) is 36.4 Å². The number of halogens is 3. The van der Waals surface area contributed by atoms with Gasteiger partial charge in [-0.05, 0) is 17.7 Å². The van der Waals surface area contributed by atoms with Gasteiger partial charge in [0.15, 0.2) is 0 Å². The first-order valence-corrected chi connectivity index (χ1v) is 6.15. The number of benzene rings is 2. The molecule has 2 aromatic carbocycles. The molecule has 0 radical (unpaired) electrons. The Morgan fingerprint density at radius 3 is 2.36 bits per heavy atom. The number of hydrogen-bond acceptors (Lipinski definition) is 4. The molecule has 4 nitrogen and oxygen atoms in total. The first kappa shape index (κ1) is 15.7. The van der Waals surface area contributed by atoms with Crippen molar-refractivity contribution in [3.63, 3.8) is 0 Å². The van der Waals surface area contributed by atoms with Crippen LogP contribution in [0.3, 0.4) is 0 Å². The van der Waals surface area contributed by atoms with E-state index in [1.165, 1.54) is 0 Å². The molecule has 0 saturated heterocycles. The van der Waals surface area contributed by atoms with Crippen molar-refractivity contribution in [3.05, 3.63) is 59.7 Å². The maximum atomic E-state index is 12.3. The topological polar surface area (TPSA) is 55.8 Å². The van der Waals surface area contributed by atoms with Gasteiger partial charge < -0.3 is 14.6 Å². The lowest BCUT2D eigenvalue weighted by Crippen LogP contribution is -2.19. The summed E-state index contributed by atoms with van der Waals surface area (Å²) < 4.78 is 45.6. The fraction of sp³-hybridized carbons (Fsp3) is 0.133. The predicted octanol–water partition coefficient (Wildman–Crippen LogP) is 3.65. The van der Waals surface area contributed by atoms with Crippen molar-refractivity contribution in [2.24, 2.45) is 0 Å². The van der Waals surface area contributed by atoms with E-state index in [0.717, 1.165) is 18.2 Å². The summed E-state index contributed by atoms with van der Waals surface area (Å²) in [7, 11) is 0. The number of esters is 1. The Hall–Kier alpha value is -2.70. The molecule has 0 amide bonds. The average Bonchev–Trinajstić information content (AvgIpc) is 2.44. The minimum atomic E-state index is -4.98. The molecule has 7 heteroatoms. The van der Waals surface area contributed by atoms with E-state index < -0.39 is 29.4 Å². The van der Waals surface area contributed by atoms with Crippen LogP contribution in [0, 0.1) is 0 Å². The van der Waals surface area contributed by atoms with Gasteiger partial charge in [0, 0.05) is 0 Å². The number of rotatable bonds is 4. The highest BCUT2D eigenvalue weighted by molar-refractivity contribution is 5.95. The lowest BCUT2D eigenvalue weighted by molar-refractivity contribution is -0.274. The third kappa shape index (κ3) is 4.15. The molecule has 1 N–H and O–H groups in total. The Morgan fingerprint density at radius 2 is 1.73 bits per heavy atom. The maximum Gasteiger partial charge on any atom is 0.573 e. The van der Waals surface area contributed by atoms with Gasteiger partial charge in [-0.25, -0.2) is 4.79 Å². The highest BCUT2D eigenvalue weighted by atomic mass is 19.4. The second kappa shape index (κ2) is 6.38. The highest BCUT2D eigenvalue weighted by Gasteiger charge is 2.34. The van der Waals surface area contributed by atoms with Crippen LogP contribution in [0.15, 0.2) is 48.5 Å². The Bertz CT molecular complexity index is 654. The molecule has 116 valence electrons. The second-order valence-corrected chi connectivity index (χ2v) is 4.26. The minimum absolute atomic E-state index is 0.139. The lowest BCUT2D eigenvalue weighted by Gasteiger charge is -2.13. The summed E-state index contributed by atoms with van der Waals surface area (Å²) in [6, 6.07) is 11.7. The third-order valence-corrected chi connectivity index (χ3v) is 2.65. The molecule has 0 spiro atoms. The van der Waals surface area contributed by atoms with Crippen molar-refractivity contribution in [3.8, 4) is 11.5 Å². The number of hydrogen-bond donors (Lipinski definition) is 1. The first-order valence-electron chi connectivity index (χ1n) is 6.15. The zero-order chi connectivity index (χ0) is 16.2. The number of carbonyl (C=O) groups excluding carboxylic acids is 1. The van der Waals surface area contributed by atoms with E-state index >= 15 is 0 Å². The van der Waals surface area contributed by atoms with Gasteiger partial charge in [-0.3, -0.25) is 0 Å². The number of aromatic hydroxyl groups is 1. The third-order valence-electron chi connectivity index (χ3n) is 2.65. The van der Waals surface area contributed by atoms with E-state index in [0.29, 0.717) is 5.56 Å². The van der Waals surface area contributed by atoms with Gasteiger partial charge >= 0.3 is 12.3 Å². The molecule has 0 aliphatic heterocycles. The van der Waals surface area contributed by atoms with E-state index in [-0.39, 0.29) is 6.61 Å². The van der Waals surface area contributed by atoms with Gasteiger partial charge in [-0.2, -0.15) is 0 Å². The van der Waals surface area contributed by atoms with Crippen LogP contribution in [0.5, 0.6) is 11.5 Å². The van der Waals surface area contributed by atoms with Gasteiger partial charge in [0.05, 0.1) is 0 Å². The van der Waals surface area contributed by atoms with Gasteiger partial charge in [0.1, 0.15) is 23.7 Å². The Balaban J connectivity index is 2.18. The Labute approximate surface area is 123 Å². The van der Waals surface area contributed by atoms with Gasteiger partial charge in [-0.15, -0.1) is 13.2 Å². The Kier molecular flexibility index (Phi) is 4.55. The second-order valence-electron chi connectivity index (χ2n) is 4.26. The standard InChI is InChI=1S/C15H11F3O4/c16-15(17,18)22-12-8-4-7-11(19)13(12)14(20)21-9-10-5-2-1-3-6-10/h1-8,19H,9H2. The molecule has 0 aromatic heterocycles. The molecule has 0 atom stereocenters. The molecule has 22 heavy (non-hydrogen) atoms. The van der Waals surface area contributed by atoms with Crippen LogP contribution in [-0.2, 0) is 11.3 Å². The summed E-state index contributed by atoms with van der Waals surface area (Å²) in [4.78, 5) is 11.9. The molecule has 0 heterocycles. The molecule has 0 aliphatic carbocycles. The molecule has 2 rings (SSSR count). The molecular weight excluding hydrogens is 301 g/mol. The number of phenolic OH excluding ortho intramolecular Hbond substituents is 1. The van der Waals surface area contributed by atoms with Crippen LogP contribution in [-0.4, -0.2) is 17.4 Å². The van der Waals surface area contributed by atoms with Crippen LogP contribution in [0.25, 0.3) is 0 Å². The smallest absolute Gasteiger partial charge is 0.507 e. The molecular formula is C15H11F3O4.